The minimum Gasteiger partial charge on any atom is -0.468 e. The molecule has 1 aliphatic rings. The van der Waals surface area contributed by atoms with Crippen molar-refractivity contribution in [1.29, 1.82) is 0 Å². The Balaban J connectivity index is 1.86. The Morgan fingerprint density at radius 1 is 1.50 bits per heavy atom. The molecule has 2 N–H and O–H groups in total. The molecule has 1 atom stereocenters. The van der Waals surface area contributed by atoms with Crippen molar-refractivity contribution in [1.82, 2.24) is 5.32 Å². The Labute approximate surface area is 96.8 Å². The van der Waals surface area contributed by atoms with Crippen molar-refractivity contribution in [2.75, 3.05) is 13.2 Å². The van der Waals surface area contributed by atoms with Gasteiger partial charge >= 0.3 is 0 Å². The van der Waals surface area contributed by atoms with Gasteiger partial charge in [-0.05, 0) is 31.9 Å². The molecule has 0 bridgehead atoms. The van der Waals surface area contributed by atoms with Crippen LogP contribution in [-0.2, 0) is 0 Å². The van der Waals surface area contributed by atoms with E-state index >= 15 is 0 Å². The molecule has 16 heavy (non-hydrogen) atoms. The first kappa shape index (κ1) is 11.7. The van der Waals surface area contributed by atoms with Crippen LogP contribution in [0.5, 0.6) is 0 Å². The van der Waals surface area contributed by atoms with Gasteiger partial charge in [0.05, 0.1) is 12.3 Å². The fraction of sp³-hybridized carbons (Fsp3) is 0.692. The maximum absolute atomic E-state index is 9.50. The minimum absolute atomic E-state index is 0.112. The summed E-state index contributed by atoms with van der Waals surface area (Å²) in [7, 11) is 0. The summed E-state index contributed by atoms with van der Waals surface area (Å²) < 4.78 is 5.35. The molecule has 0 saturated heterocycles. The number of furan rings is 1. The number of hydrogen-bond acceptors (Lipinski definition) is 3. The van der Waals surface area contributed by atoms with Gasteiger partial charge in [-0.25, -0.2) is 0 Å². The van der Waals surface area contributed by atoms with Crippen LogP contribution in [0.2, 0.25) is 0 Å². The van der Waals surface area contributed by atoms with Gasteiger partial charge < -0.3 is 14.8 Å². The smallest absolute Gasteiger partial charge is 0.120 e. The second-order valence-corrected chi connectivity index (χ2v) is 4.98. The Kier molecular flexibility index (Phi) is 3.66. The monoisotopic (exact) mass is 223 g/mol. The van der Waals surface area contributed by atoms with E-state index < -0.39 is 0 Å². The summed E-state index contributed by atoms with van der Waals surface area (Å²) in [6.07, 6.45) is 6.47. The molecule has 3 nitrogen and oxygen atoms in total. The van der Waals surface area contributed by atoms with E-state index in [9.17, 15) is 5.11 Å². The summed E-state index contributed by atoms with van der Waals surface area (Å²) in [6, 6.07) is 4.11. The molecule has 0 aliphatic heterocycles. The zero-order valence-electron chi connectivity index (χ0n) is 9.91. The predicted molar refractivity (Wildman–Crippen MR) is 63.1 cm³/mol. The molecule has 0 radical (unpaired) electrons. The van der Waals surface area contributed by atoms with Crippen LogP contribution in [0.3, 0.4) is 0 Å². The summed E-state index contributed by atoms with van der Waals surface area (Å²) >= 11 is 0. The molecule has 0 aromatic carbocycles. The summed E-state index contributed by atoms with van der Waals surface area (Å²) in [5, 5.41) is 13.0. The van der Waals surface area contributed by atoms with E-state index in [-0.39, 0.29) is 11.5 Å². The minimum atomic E-state index is 0.112. The molecule has 3 heteroatoms. The van der Waals surface area contributed by atoms with Gasteiger partial charge in [0.25, 0.3) is 0 Å². The third-order valence-electron chi connectivity index (χ3n) is 3.75. The molecular formula is C13H21NO2. The lowest BCUT2D eigenvalue weighted by Crippen LogP contribution is -2.36. The Hall–Kier alpha value is -0.800. The molecule has 1 unspecified atom stereocenters. The number of aliphatic hydroxyl groups is 1. The highest BCUT2D eigenvalue weighted by atomic mass is 16.3. The highest BCUT2D eigenvalue weighted by Crippen LogP contribution is 2.37. The van der Waals surface area contributed by atoms with E-state index in [1.165, 1.54) is 12.8 Å². The number of nitrogens with one attached hydrogen (secondary N) is 1. The molecule has 1 aromatic heterocycles. The Bertz CT molecular complexity index is 302. The Morgan fingerprint density at radius 3 is 2.81 bits per heavy atom. The quantitative estimate of drug-likeness (QED) is 0.806. The van der Waals surface area contributed by atoms with Gasteiger partial charge in [0.1, 0.15) is 5.76 Å². The van der Waals surface area contributed by atoms with Crippen LogP contribution >= 0.6 is 0 Å². The SMILES string of the molecule is CC(NCC1(CO)CCCC1)c1ccco1. The zero-order chi connectivity index (χ0) is 11.4. The second-order valence-electron chi connectivity index (χ2n) is 4.98. The summed E-state index contributed by atoms with van der Waals surface area (Å²) in [5.74, 6) is 0.964. The van der Waals surface area contributed by atoms with Gasteiger partial charge in [-0.3, -0.25) is 0 Å². The average molecular weight is 223 g/mol. The predicted octanol–water partition coefficient (Wildman–Crippen LogP) is 2.48. The van der Waals surface area contributed by atoms with Gasteiger partial charge in [0, 0.05) is 18.6 Å². The van der Waals surface area contributed by atoms with E-state index in [1.54, 1.807) is 6.26 Å². The molecule has 1 aliphatic carbocycles. The van der Waals surface area contributed by atoms with Crippen LogP contribution in [-0.4, -0.2) is 18.3 Å². The highest BCUT2D eigenvalue weighted by Gasteiger charge is 2.33. The summed E-state index contributed by atoms with van der Waals surface area (Å²) in [4.78, 5) is 0. The lowest BCUT2D eigenvalue weighted by molar-refractivity contribution is 0.124. The topological polar surface area (TPSA) is 45.4 Å². The molecule has 1 saturated carbocycles. The van der Waals surface area contributed by atoms with Gasteiger partial charge in [0.2, 0.25) is 0 Å². The van der Waals surface area contributed by atoms with Crippen LogP contribution in [0, 0.1) is 5.41 Å². The maximum Gasteiger partial charge on any atom is 0.120 e. The maximum atomic E-state index is 9.50. The first-order chi connectivity index (χ1) is 7.76. The Morgan fingerprint density at radius 2 is 2.25 bits per heavy atom. The standard InChI is InChI=1S/C13H21NO2/c1-11(12-5-4-8-16-12)14-9-13(10-15)6-2-3-7-13/h4-5,8,11,14-15H,2-3,6-7,9-10H2,1H3. The lowest BCUT2D eigenvalue weighted by atomic mass is 9.87. The van der Waals surface area contributed by atoms with Gasteiger partial charge in [-0.2, -0.15) is 0 Å². The van der Waals surface area contributed by atoms with Crippen molar-refractivity contribution in [3.8, 4) is 0 Å². The van der Waals surface area contributed by atoms with Crippen LogP contribution in [0.25, 0.3) is 0 Å². The van der Waals surface area contributed by atoms with Crippen molar-refractivity contribution in [2.45, 2.75) is 38.6 Å². The molecule has 1 fully saturated rings. The summed E-state index contributed by atoms with van der Waals surface area (Å²) in [6.45, 7) is 3.27. The van der Waals surface area contributed by atoms with Crippen LogP contribution in [0.1, 0.15) is 44.4 Å². The number of rotatable bonds is 5. The molecule has 1 aromatic rings. The van der Waals surface area contributed by atoms with E-state index in [1.807, 2.05) is 12.1 Å². The molecule has 90 valence electrons. The number of aliphatic hydroxyl groups excluding tert-OH is 1. The molecule has 1 heterocycles. The van der Waals surface area contributed by atoms with E-state index in [4.69, 9.17) is 4.42 Å². The van der Waals surface area contributed by atoms with Crippen molar-refractivity contribution in [3.05, 3.63) is 24.2 Å². The van der Waals surface area contributed by atoms with Crippen LogP contribution in [0.15, 0.2) is 22.8 Å². The summed E-state index contributed by atoms with van der Waals surface area (Å²) in [5.41, 5.74) is 0.112. The van der Waals surface area contributed by atoms with Gasteiger partial charge in [-0.1, -0.05) is 12.8 Å². The molecule has 2 rings (SSSR count). The van der Waals surface area contributed by atoms with Crippen molar-refractivity contribution in [2.24, 2.45) is 5.41 Å². The molecule has 0 amide bonds. The number of hydrogen-bond donors (Lipinski definition) is 2. The van der Waals surface area contributed by atoms with E-state index in [0.29, 0.717) is 6.61 Å². The van der Waals surface area contributed by atoms with Gasteiger partial charge in [-0.15, -0.1) is 0 Å². The highest BCUT2D eigenvalue weighted by molar-refractivity contribution is 5.03. The van der Waals surface area contributed by atoms with E-state index in [0.717, 1.165) is 25.1 Å². The lowest BCUT2D eigenvalue weighted by Gasteiger charge is -2.28. The zero-order valence-corrected chi connectivity index (χ0v) is 9.91. The van der Waals surface area contributed by atoms with Crippen molar-refractivity contribution >= 4 is 0 Å². The molecule has 0 spiro atoms. The van der Waals surface area contributed by atoms with Crippen LogP contribution in [0.4, 0.5) is 0 Å². The third kappa shape index (κ3) is 2.47. The fourth-order valence-corrected chi connectivity index (χ4v) is 2.52. The first-order valence-electron chi connectivity index (χ1n) is 6.13. The largest absolute Gasteiger partial charge is 0.468 e. The van der Waals surface area contributed by atoms with Gasteiger partial charge in [0.15, 0.2) is 0 Å². The van der Waals surface area contributed by atoms with Crippen molar-refractivity contribution in [3.63, 3.8) is 0 Å². The second kappa shape index (κ2) is 5.02. The first-order valence-corrected chi connectivity index (χ1v) is 6.13. The average Bonchev–Trinajstić information content (AvgIpc) is 2.98. The van der Waals surface area contributed by atoms with Crippen molar-refractivity contribution < 1.29 is 9.52 Å². The van der Waals surface area contributed by atoms with Crippen LogP contribution < -0.4 is 5.32 Å². The van der Waals surface area contributed by atoms with E-state index in [2.05, 4.69) is 12.2 Å². The third-order valence-corrected chi connectivity index (χ3v) is 3.75. The molecular weight excluding hydrogens is 202 g/mol. The normalized spacial score (nSPS) is 21.1. The fourth-order valence-electron chi connectivity index (χ4n) is 2.52.